The molecule has 2 rings (SSSR count). The van der Waals surface area contributed by atoms with Gasteiger partial charge in [0.15, 0.2) is 4.60 Å². The van der Waals surface area contributed by atoms with E-state index in [1.54, 1.807) is 4.68 Å². The summed E-state index contributed by atoms with van der Waals surface area (Å²) in [5.74, 6) is 0. The summed E-state index contributed by atoms with van der Waals surface area (Å²) in [6.45, 7) is 3.91. The molecule has 1 aromatic heterocycles. The van der Waals surface area contributed by atoms with Crippen molar-refractivity contribution in [3.05, 3.63) is 33.4 Å². The lowest BCUT2D eigenvalue weighted by atomic mass is 10.0. The normalized spacial score (nSPS) is 10.9. The van der Waals surface area contributed by atoms with Crippen LogP contribution in [-0.2, 0) is 13.6 Å². The molecule has 2 aromatic rings. The number of nitrogens with zero attached hydrogens (tertiary/aromatic N) is 3. The van der Waals surface area contributed by atoms with Crippen LogP contribution in [0.15, 0.2) is 22.8 Å². The van der Waals surface area contributed by atoms with E-state index in [1.807, 2.05) is 25.2 Å². The van der Waals surface area contributed by atoms with Crippen molar-refractivity contribution in [3.8, 4) is 11.3 Å². The average molecular weight is 344 g/mol. The van der Waals surface area contributed by atoms with E-state index < -0.39 is 0 Å². The van der Waals surface area contributed by atoms with Gasteiger partial charge in [0.1, 0.15) is 5.69 Å². The summed E-state index contributed by atoms with van der Waals surface area (Å²) in [5, 5.41) is 12.2. The predicted molar refractivity (Wildman–Crippen MR) is 81.1 cm³/mol. The number of nitrogens with one attached hydrogen (secondary N) is 1. The molecular weight excluding hydrogens is 328 g/mol. The Kier molecular flexibility index (Phi) is 4.96. The number of aromatic nitrogens is 3. The molecule has 0 radical (unpaired) electrons. The van der Waals surface area contributed by atoms with Crippen molar-refractivity contribution >= 4 is 27.5 Å². The van der Waals surface area contributed by atoms with Gasteiger partial charge >= 0.3 is 0 Å². The quantitative estimate of drug-likeness (QED) is 0.846. The minimum Gasteiger partial charge on any atom is -0.313 e. The van der Waals surface area contributed by atoms with Crippen LogP contribution >= 0.6 is 27.5 Å². The first kappa shape index (κ1) is 14.5. The van der Waals surface area contributed by atoms with Gasteiger partial charge in [0.25, 0.3) is 0 Å². The fourth-order valence-electron chi connectivity index (χ4n) is 1.96. The van der Waals surface area contributed by atoms with Crippen molar-refractivity contribution in [1.29, 1.82) is 0 Å². The van der Waals surface area contributed by atoms with Crippen LogP contribution in [0.1, 0.15) is 18.9 Å². The smallest absolute Gasteiger partial charge is 0.156 e. The summed E-state index contributed by atoms with van der Waals surface area (Å²) >= 11 is 9.53. The number of hydrogen-bond acceptors (Lipinski definition) is 3. The first-order valence-corrected chi connectivity index (χ1v) is 7.35. The van der Waals surface area contributed by atoms with Gasteiger partial charge in [-0.15, -0.1) is 5.10 Å². The lowest BCUT2D eigenvalue weighted by Gasteiger charge is -2.11. The predicted octanol–water partition coefficient (Wildman–Crippen LogP) is 3.40. The van der Waals surface area contributed by atoms with Crippen LogP contribution in [0.25, 0.3) is 11.3 Å². The molecule has 0 spiro atoms. The Hall–Kier alpha value is -0.910. The van der Waals surface area contributed by atoms with E-state index in [9.17, 15) is 0 Å². The van der Waals surface area contributed by atoms with Crippen LogP contribution in [-0.4, -0.2) is 21.5 Å². The third-order valence-electron chi connectivity index (χ3n) is 2.85. The topological polar surface area (TPSA) is 42.7 Å². The minimum atomic E-state index is 0.739. The van der Waals surface area contributed by atoms with E-state index in [-0.39, 0.29) is 0 Å². The van der Waals surface area contributed by atoms with Crippen molar-refractivity contribution in [1.82, 2.24) is 20.3 Å². The second-order valence-electron chi connectivity index (χ2n) is 4.33. The zero-order valence-electron chi connectivity index (χ0n) is 11.0. The van der Waals surface area contributed by atoms with Crippen molar-refractivity contribution in [2.24, 2.45) is 7.05 Å². The molecule has 102 valence electrons. The van der Waals surface area contributed by atoms with Gasteiger partial charge < -0.3 is 5.32 Å². The third kappa shape index (κ3) is 3.35. The van der Waals surface area contributed by atoms with E-state index in [2.05, 4.69) is 38.5 Å². The number of rotatable bonds is 5. The highest BCUT2D eigenvalue weighted by Crippen LogP contribution is 2.30. The molecule has 4 nitrogen and oxygen atoms in total. The Morgan fingerprint density at radius 1 is 1.42 bits per heavy atom. The highest BCUT2D eigenvalue weighted by Gasteiger charge is 2.14. The second-order valence-corrected chi connectivity index (χ2v) is 5.52. The van der Waals surface area contributed by atoms with Crippen LogP contribution in [0.4, 0.5) is 0 Å². The molecule has 0 bridgehead atoms. The van der Waals surface area contributed by atoms with Crippen molar-refractivity contribution in [2.75, 3.05) is 6.54 Å². The van der Waals surface area contributed by atoms with E-state index >= 15 is 0 Å². The van der Waals surface area contributed by atoms with Crippen LogP contribution < -0.4 is 5.32 Å². The Morgan fingerprint density at radius 3 is 2.84 bits per heavy atom. The van der Waals surface area contributed by atoms with Gasteiger partial charge in [0.2, 0.25) is 0 Å². The highest BCUT2D eigenvalue weighted by molar-refractivity contribution is 9.10. The zero-order valence-corrected chi connectivity index (χ0v) is 13.3. The second kappa shape index (κ2) is 6.50. The first-order chi connectivity index (χ1) is 9.13. The maximum absolute atomic E-state index is 6.09. The first-order valence-electron chi connectivity index (χ1n) is 6.18. The van der Waals surface area contributed by atoms with E-state index in [0.717, 1.165) is 46.0 Å². The molecule has 1 N–H and O–H groups in total. The fraction of sp³-hybridized carbons (Fsp3) is 0.385. The monoisotopic (exact) mass is 342 g/mol. The largest absolute Gasteiger partial charge is 0.313 e. The van der Waals surface area contributed by atoms with E-state index in [0.29, 0.717) is 0 Å². The lowest BCUT2D eigenvalue weighted by molar-refractivity contribution is 0.674. The third-order valence-corrected chi connectivity index (χ3v) is 3.62. The number of benzene rings is 1. The number of aryl methyl sites for hydroxylation is 1. The van der Waals surface area contributed by atoms with Gasteiger partial charge in [0.05, 0.1) is 0 Å². The van der Waals surface area contributed by atoms with Crippen molar-refractivity contribution in [3.63, 3.8) is 0 Å². The molecule has 0 atom stereocenters. The van der Waals surface area contributed by atoms with Gasteiger partial charge in [-0.1, -0.05) is 29.8 Å². The Labute approximate surface area is 126 Å². The summed E-state index contributed by atoms with van der Waals surface area (Å²) in [6, 6.07) is 5.88. The maximum Gasteiger partial charge on any atom is 0.156 e. The molecule has 0 aliphatic rings. The average Bonchev–Trinajstić information content (AvgIpc) is 2.70. The summed E-state index contributed by atoms with van der Waals surface area (Å²) in [6.07, 6.45) is 1.10. The summed E-state index contributed by atoms with van der Waals surface area (Å²) in [4.78, 5) is 0. The summed E-state index contributed by atoms with van der Waals surface area (Å²) < 4.78 is 2.51. The van der Waals surface area contributed by atoms with E-state index in [1.165, 1.54) is 0 Å². The Balaban J connectivity index is 2.39. The summed E-state index contributed by atoms with van der Waals surface area (Å²) in [5.41, 5.74) is 3.20. The lowest BCUT2D eigenvalue weighted by Crippen LogP contribution is -2.14. The Morgan fingerprint density at radius 2 is 2.21 bits per heavy atom. The molecule has 19 heavy (non-hydrogen) atoms. The molecule has 1 heterocycles. The number of hydrogen-bond donors (Lipinski definition) is 1. The minimum absolute atomic E-state index is 0.739. The standard InChI is InChI=1S/C13H16BrClN4/c1-3-6-16-8-9-7-10(15)4-5-11(9)12-13(14)17-18-19(12)2/h4-5,7,16H,3,6,8H2,1-2H3. The molecule has 0 aliphatic heterocycles. The van der Waals surface area contributed by atoms with Gasteiger partial charge in [-0.3, -0.25) is 0 Å². The molecule has 0 saturated heterocycles. The van der Waals surface area contributed by atoms with Gasteiger partial charge in [0, 0.05) is 24.2 Å². The summed E-state index contributed by atoms with van der Waals surface area (Å²) in [7, 11) is 1.88. The fourth-order valence-corrected chi connectivity index (χ4v) is 2.69. The number of halogens is 2. The zero-order chi connectivity index (χ0) is 13.8. The van der Waals surface area contributed by atoms with Gasteiger partial charge in [-0.2, -0.15) is 0 Å². The Bertz CT molecular complexity index is 548. The van der Waals surface area contributed by atoms with Crippen LogP contribution in [0, 0.1) is 0 Å². The molecule has 0 amide bonds. The van der Waals surface area contributed by atoms with Crippen molar-refractivity contribution in [2.45, 2.75) is 19.9 Å². The molecular formula is C13H16BrClN4. The molecule has 6 heteroatoms. The molecule has 0 saturated carbocycles. The highest BCUT2D eigenvalue weighted by atomic mass is 79.9. The SMILES string of the molecule is CCCNCc1cc(Cl)ccc1-c1c(Br)nnn1C. The van der Waals surface area contributed by atoms with Crippen LogP contribution in [0.3, 0.4) is 0 Å². The van der Waals surface area contributed by atoms with E-state index in [4.69, 9.17) is 11.6 Å². The molecule has 0 unspecified atom stereocenters. The molecule has 0 fully saturated rings. The van der Waals surface area contributed by atoms with Crippen LogP contribution in [0.2, 0.25) is 5.02 Å². The molecule has 0 aliphatic carbocycles. The van der Waals surface area contributed by atoms with Gasteiger partial charge in [-0.05, 0) is 46.6 Å². The van der Waals surface area contributed by atoms with Gasteiger partial charge in [-0.25, -0.2) is 4.68 Å². The van der Waals surface area contributed by atoms with Crippen LogP contribution in [0.5, 0.6) is 0 Å². The van der Waals surface area contributed by atoms with Crippen molar-refractivity contribution < 1.29 is 0 Å². The maximum atomic E-state index is 6.09. The molecule has 1 aromatic carbocycles.